The van der Waals surface area contributed by atoms with Gasteiger partial charge in [-0.2, -0.15) is 0 Å². The second kappa shape index (κ2) is 11.3. The van der Waals surface area contributed by atoms with Crippen LogP contribution in [0.15, 0.2) is 188 Å². The summed E-state index contributed by atoms with van der Waals surface area (Å²) in [7, 11) is 0. The minimum absolute atomic E-state index is 1.12. The van der Waals surface area contributed by atoms with Gasteiger partial charge in [0.2, 0.25) is 0 Å². The lowest BCUT2D eigenvalue weighted by Gasteiger charge is -2.26. The molecule has 0 fully saturated rings. The molecule has 1 nitrogen and oxygen atoms in total. The average Bonchev–Trinajstić information content (AvgIpc) is 3.15. The van der Waals surface area contributed by atoms with Crippen molar-refractivity contribution in [2.45, 2.75) is 0 Å². The molecule has 9 aromatic carbocycles. The molecule has 0 amide bonds. The number of hydrogen-bond donors (Lipinski definition) is 0. The fourth-order valence-corrected chi connectivity index (χ4v) is 7.04. The maximum absolute atomic E-state index is 2.37. The summed E-state index contributed by atoms with van der Waals surface area (Å²) < 4.78 is 0. The van der Waals surface area contributed by atoms with Gasteiger partial charge in [0.15, 0.2) is 0 Å². The molecule has 0 saturated heterocycles. The largest absolute Gasteiger partial charge is 0.310 e. The van der Waals surface area contributed by atoms with E-state index in [1.54, 1.807) is 0 Å². The molecule has 0 heterocycles. The molecular weight excluding hydrogens is 567 g/mol. The van der Waals surface area contributed by atoms with E-state index in [9.17, 15) is 0 Å². The van der Waals surface area contributed by atoms with Crippen LogP contribution in [0.1, 0.15) is 0 Å². The summed E-state index contributed by atoms with van der Waals surface area (Å²) in [6, 6.07) is 68.3. The van der Waals surface area contributed by atoms with Gasteiger partial charge >= 0.3 is 0 Å². The molecule has 0 atom stereocenters. The quantitative estimate of drug-likeness (QED) is 0.178. The fourth-order valence-electron chi connectivity index (χ4n) is 7.04. The number of fused-ring (bicyclic) bond motifs is 6. The maximum atomic E-state index is 2.37. The Labute approximate surface area is 274 Å². The van der Waals surface area contributed by atoms with Crippen LogP contribution in [0.3, 0.4) is 0 Å². The predicted octanol–water partition coefficient (Wildman–Crippen LogP) is 13.1. The first-order valence-corrected chi connectivity index (χ1v) is 16.2. The monoisotopic (exact) mass is 597 g/mol. The van der Waals surface area contributed by atoms with E-state index in [4.69, 9.17) is 0 Å². The van der Waals surface area contributed by atoms with Crippen molar-refractivity contribution in [2.75, 3.05) is 4.90 Å². The van der Waals surface area contributed by atoms with Gasteiger partial charge in [0.1, 0.15) is 0 Å². The van der Waals surface area contributed by atoms with Crippen LogP contribution < -0.4 is 4.90 Å². The molecule has 0 saturated carbocycles. The lowest BCUT2D eigenvalue weighted by atomic mass is 9.94. The predicted molar refractivity (Wildman–Crippen MR) is 202 cm³/mol. The third-order valence-corrected chi connectivity index (χ3v) is 9.39. The summed E-state index contributed by atoms with van der Waals surface area (Å²) in [5.41, 5.74) is 8.19. The normalized spacial score (nSPS) is 11.4. The van der Waals surface area contributed by atoms with Gasteiger partial charge in [-0.05, 0) is 108 Å². The summed E-state index contributed by atoms with van der Waals surface area (Å²) >= 11 is 0. The number of anilines is 3. The summed E-state index contributed by atoms with van der Waals surface area (Å²) in [5, 5.41) is 10.2. The summed E-state index contributed by atoms with van der Waals surface area (Å²) in [4.78, 5) is 2.37. The molecular formula is C46H31N. The van der Waals surface area contributed by atoms with E-state index in [1.165, 1.54) is 65.3 Å². The standard InChI is InChI=1S/C46H31N/c1-2-9-32(10-3-1)34-21-25-41(26-22-34)47(43-27-23-33-11-4-5-13-37(33)30-43)42-15-8-14-38(31-42)39-24-28-45-40(29-39)20-19-36-18-17-35-12-6-7-16-44(35)46(36)45/h1-31H. The smallest absolute Gasteiger partial charge is 0.0468 e. The van der Waals surface area contributed by atoms with Crippen LogP contribution in [0.2, 0.25) is 0 Å². The van der Waals surface area contributed by atoms with Crippen molar-refractivity contribution in [1.29, 1.82) is 0 Å². The first-order chi connectivity index (χ1) is 23.3. The fraction of sp³-hybridized carbons (Fsp3) is 0. The van der Waals surface area contributed by atoms with Crippen LogP contribution in [0.4, 0.5) is 17.1 Å². The Balaban J connectivity index is 1.17. The van der Waals surface area contributed by atoms with Crippen molar-refractivity contribution in [3.05, 3.63) is 188 Å². The van der Waals surface area contributed by atoms with Gasteiger partial charge in [-0.15, -0.1) is 0 Å². The summed E-state index contributed by atoms with van der Waals surface area (Å²) in [5.74, 6) is 0. The number of nitrogens with zero attached hydrogens (tertiary/aromatic N) is 1. The van der Waals surface area contributed by atoms with Crippen molar-refractivity contribution in [1.82, 2.24) is 0 Å². The lowest BCUT2D eigenvalue weighted by Crippen LogP contribution is -2.10. The Morgan fingerprint density at radius 1 is 0.255 bits per heavy atom. The third kappa shape index (κ3) is 4.90. The van der Waals surface area contributed by atoms with Crippen molar-refractivity contribution in [3.8, 4) is 22.3 Å². The SMILES string of the molecule is c1ccc(-c2ccc(N(c3cccc(-c4ccc5c(ccc6ccc7ccccc7c65)c4)c3)c3ccc4ccccc4c3)cc2)cc1. The molecule has 0 unspecified atom stereocenters. The van der Waals surface area contributed by atoms with Gasteiger partial charge in [-0.3, -0.25) is 0 Å². The molecule has 0 spiro atoms. The minimum Gasteiger partial charge on any atom is -0.310 e. The first kappa shape index (κ1) is 27.2. The summed E-state index contributed by atoms with van der Waals surface area (Å²) in [6.45, 7) is 0. The third-order valence-electron chi connectivity index (χ3n) is 9.39. The Bertz CT molecular complexity index is 2560. The zero-order chi connectivity index (χ0) is 31.2. The zero-order valence-electron chi connectivity index (χ0n) is 25.8. The lowest BCUT2D eigenvalue weighted by molar-refractivity contribution is 1.29. The highest BCUT2D eigenvalue weighted by molar-refractivity contribution is 6.20. The molecule has 47 heavy (non-hydrogen) atoms. The van der Waals surface area contributed by atoms with E-state index in [0.717, 1.165) is 17.1 Å². The van der Waals surface area contributed by atoms with Gasteiger partial charge in [0.05, 0.1) is 0 Å². The highest BCUT2D eigenvalue weighted by Gasteiger charge is 2.15. The van der Waals surface area contributed by atoms with Crippen molar-refractivity contribution < 1.29 is 0 Å². The molecule has 0 aromatic heterocycles. The highest BCUT2D eigenvalue weighted by atomic mass is 15.1. The molecule has 0 radical (unpaired) electrons. The second-order valence-corrected chi connectivity index (χ2v) is 12.2. The van der Waals surface area contributed by atoms with E-state index in [1.807, 2.05) is 0 Å². The highest BCUT2D eigenvalue weighted by Crippen LogP contribution is 2.40. The Morgan fingerprint density at radius 2 is 0.809 bits per heavy atom. The average molecular weight is 598 g/mol. The van der Waals surface area contributed by atoms with E-state index < -0.39 is 0 Å². The van der Waals surface area contributed by atoms with Gasteiger partial charge in [-0.25, -0.2) is 0 Å². The Kier molecular flexibility index (Phi) is 6.54. The molecule has 9 rings (SSSR count). The Hall–Kier alpha value is -6.18. The van der Waals surface area contributed by atoms with Crippen LogP contribution in [0.25, 0.3) is 65.3 Å². The molecule has 0 aliphatic heterocycles. The van der Waals surface area contributed by atoms with Crippen LogP contribution in [-0.4, -0.2) is 0 Å². The first-order valence-electron chi connectivity index (χ1n) is 16.2. The van der Waals surface area contributed by atoms with Crippen molar-refractivity contribution in [2.24, 2.45) is 0 Å². The van der Waals surface area contributed by atoms with E-state index in [2.05, 4.69) is 193 Å². The van der Waals surface area contributed by atoms with Crippen molar-refractivity contribution >= 4 is 60.2 Å². The summed E-state index contributed by atoms with van der Waals surface area (Å²) in [6.07, 6.45) is 0. The van der Waals surface area contributed by atoms with Gasteiger partial charge < -0.3 is 4.90 Å². The van der Waals surface area contributed by atoms with Gasteiger partial charge in [0, 0.05) is 17.1 Å². The van der Waals surface area contributed by atoms with Crippen molar-refractivity contribution in [3.63, 3.8) is 0 Å². The minimum atomic E-state index is 1.12. The van der Waals surface area contributed by atoms with Crippen LogP contribution >= 0.6 is 0 Å². The molecule has 0 bridgehead atoms. The molecule has 0 aliphatic rings. The van der Waals surface area contributed by atoms with E-state index in [0.29, 0.717) is 0 Å². The second-order valence-electron chi connectivity index (χ2n) is 12.2. The van der Waals surface area contributed by atoms with Gasteiger partial charge in [-0.1, -0.05) is 146 Å². The van der Waals surface area contributed by atoms with Crippen LogP contribution in [-0.2, 0) is 0 Å². The topological polar surface area (TPSA) is 3.24 Å². The van der Waals surface area contributed by atoms with E-state index in [-0.39, 0.29) is 0 Å². The zero-order valence-corrected chi connectivity index (χ0v) is 25.8. The van der Waals surface area contributed by atoms with Crippen LogP contribution in [0, 0.1) is 0 Å². The molecule has 0 aliphatic carbocycles. The molecule has 1 heteroatoms. The van der Waals surface area contributed by atoms with Crippen LogP contribution in [0.5, 0.6) is 0 Å². The molecule has 220 valence electrons. The number of rotatable bonds is 5. The molecule has 9 aromatic rings. The maximum Gasteiger partial charge on any atom is 0.0468 e. The van der Waals surface area contributed by atoms with Gasteiger partial charge in [0.25, 0.3) is 0 Å². The number of benzene rings is 9. The molecule has 0 N–H and O–H groups in total. The number of hydrogen-bond acceptors (Lipinski definition) is 1. The Morgan fingerprint density at radius 3 is 1.66 bits per heavy atom. The van der Waals surface area contributed by atoms with E-state index >= 15 is 0 Å².